The van der Waals surface area contributed by atoms with Gasteiger partial charge in [-0.3, -0.25) is 0 Å². The van der Waals surface area contributed by atoms with Gasteiger partial charge in [-0.1, -0.05) is 17.7 Å². The average molecular weight is 268 g/mol. The SMILES string of the molecule is COC(=S)c1ccc(C)c(-c2cnco2)c1Cl. The molecular formula is C12H10ClNO2S. The lowest BCUT2D eigenvalue weighted by atomic mass is 10.0. The number of nitrogens with zero attached hydrogens (tertiary/aromatic N) is 1. The van der Waals surface area contributed by atoms with Crippen LogP contribution in [0, 0.1) is 6.92 Å². The highest BCUT2D eigenvalue weighted by Gasteiger charge is 2.16. The summed E-state index contributed by atoms with van der Waals surface area (Å²) in [5, 5.41) is 0.879. The lowest BCUT2D eigenvalue weighted by molar-refractivity contribution is 0.416. The number of rotatable bonds is 2. The van der Waals surface area contributed by atoms with Gasteiger partial charge < -0.3 is 9.15 Å². The predicted octanol–water partition coefficient (Wildman–Crippen LogP) is 3.63. The van der Waals surface area contributed by atoms with E-state index in [2.05, 4.69) is 4.98 Å². The molecule has 0 atom stereocenters. The first kappa shape index (κ1) is 12.1. The molecular weight excluding hydrogens is 258 g/mol. The molecule has 0 saturated heterocycles. The molecule has 0 bridgehead atoms. The topological polar surface area (TPSA) is 35.3 Å². The highest BCUT2D eigenvalue weighted by atomic mass is 35.5. The van der Waals surface area contributed by atoms with E-state index < -0.39 is 0 Å². The fraction of sp³-hybridized carbons (Fsp3) is 0.167. The van der Waals surface area contributed by atoms with Crippen molar-refractivity contribution in [3.63, 3.8) is 0 Å². The summed E-state index contributed by atoms with van der Waals surface area (Å²) in [5.74, 6) is 0.619. The van der Waals surface area contributed by atoms with Gasteiger partial charge in [-0.25, -0.2) is 4.98 Å². The third-order valence-electron chi connectivity index (χ3n) is 2.43. The van der Waals surface area contributed by atoms with Crippen molar-refractivity contribution in [2.75, 3.05) is 7.11 Å². The molecule has 0 radical (unpaired) electrons. The van der Waals surface area contributed by atoms with Crippen LogP contribution < -0.4 is 0 Å². The van der Waals surface area contributed by atoms with Crippen molar-refractivity contribution in [1.82, 2.24) is 4.98 Å². The lowest BCUT2D eigenvalue weighted by Gasteiger charge is -2.10. The van der Waals surface area contributed by atoms with E-state index in [1.807, 2.05) is 19.1 Å². The molecule has 0 aliphatic rings. The molecule has 2 rings (SSSR count). The Hall–Kier alpha value is -1.39. The van der Waals surface area contributed by atoms with Crippen molar-refractivity contribution in [1.29, 1.82) is 0 Å². The molecule has 1 aromatic heterocycles. The van der Waals surface area contributed by atoms with Crippen molar-refractivity contribution in [2.45, 2.75) is 6.92 Å². The second-order valence-corrected chi connectivity index (χ2v) is 4.23. The van der Waals surface area contributed by atoms with Crippen LogP contribution in [-0.4, -0.2) is 17.1 Å². The highest BCUT2D eigenvalue weighted by molar-refractivity contribution is 7.80. The molecule has 0 saturated carbocycles. The molecule has 17 heavy (non-hydrogen) atoms. The Balaban J connectivity index is 2.63. The van der Waals surface area contributed by atoms with E-state index in [0.29, 0.717) is 21.4 Å². The molecule has 1 aromatic carbocycles. The number of ether oxygens (including phenoxy) is 1. The normalized spacial score (nSPS) is 10.3. The first-order chi connectivity index (χ1) is 8.15. The number of aromatic nitrogens is 1. The Labute approximate surface area is 109 Å². The highest BCUT2D eigenvalue weighted by Crippen LogP contribution is 2.34. The number of aryl methyl sites for hydroxylation is 1. The molecule has 0 fully saturated rings. The molecule has 1 heterocycles. The zero-order valence-corrected chi connectivity index (χ0v) is 10.9. The van der Waals surface area contributed by atoms with E-state index in [4.69, 9.17) is 33.0 Å². The summed E-state index contributed by atoms with van der Waals surface area (Å²) in [4.78, 5) is 3.89. The molecule has 0 aliphatic carbocycles. The third kappa shape index (κ3) is 2.18. The molecule has 0 amide bonds. The molecule has 0 spiro atoms. The Kier molecular flexibility index (Phi) is 3.45. The minimum absolute atomic E-state index is 0.357. The molecule has 88 valence electrons. The number of benzene rings is 1. The Morgan fingerprint density at radius 3 is 2.82 bits per heavy atom. The minimum atomic E-state index is 0.357. The van der Waals surface area contributed by atoms with Crippen LogP contribution >= 0.6 is 23.8 Å². The van der Waals surface area contributed by atoms with E-state index >= 15 is 0 Å². The maximum absolute atomic E-state index is 6.32. The van der Waals surface area contributed by atoms with E-state index in [-0.39, 0.29) is 0 Å². The van der Waals surface area contributed by atoms with Gasteiger partial charge in [-0.15, -0.1) is 0 Å². The summed E-state index contributed by atoms with van der Waals surface area (Å²) in [6.07, 6.45) is 2.99. The second kappa shape index (κ2) is 4.85. The smallest absolute Gasteiger partial charge is 0.192 e. The van der Waals surface area contributed by atoms with Crippen LogP contribution in [-0.2, 0) is 4.74 Å². The Morgan fingerprint density at radius 2 is 2.24 bits per heavy atom. The maximum Gasteiger partial charge on any atom is 0.192 e. The van der Waals surface area contributed by atoms with Crippen LogP contribution in [0.3, 0.4) is 0 Å². The number of oxazole rings is 1. The fourth-order valence-electron chi connectivity index (χ4n) is 1.58. The molecule has 5 heteroatoms. The van der Waals surface area contributed by atoms with Gasteiger partial charge in [0.15, 0.2) is 17.2 Å². The summed E-state index contributed by atoms with van der Waals surface area (Å²) in [6, 6.07) is 3.76. The number of halogens is 1. The third-order valence-corrected chi connectivity index (χ3v) is 3.21. The van der Waals surface area contributed by atoms with Crippen LogP contribution in [0.25, 0.3) is 11.3 Å². The maximum atomic E-state index is 6.32. The van der Waals surface area contributed by atoms with Crippen molar-refractivity contribution >= 4 is 28.9 Å². The van der Waals surface area contributed by atoms with Crippen LogP contribution in [0.1, 0.15) is 11.1 Å². The van der Waals surface area contributed by atoms with Gasteiger partial charge in [0.25, 0.3) is 0 Å². The summed E-state index contributed by atoms with van der Waals surface area (Å²) < 4.78 is 10.3. The van der Waals surface area contributed by atoms with Gasteiger partial charge in [0.2, 0.25) is 0 Å². The van der Waals surface area contributed by atoms with Gasteiger partial charge in [0.05, 0.1) is 18.3 Å². The number of thiocarbonyl (C=S) groups is 1. The summed E-state index contributed by atoms with van der Waals surface area (Å²) in [7, 11) is 1.52. The van der Waals surface area contributed by atoms with Crippen molar-refractivity contribution in [3.05, 3.63) is 40.9 Å². The zero-order valence-electron chi connectivity index (χ0n) is 9.36. The number of hydrogen-bond donors (Lipinski definition) is 0. The first-order valence-corrected chi connectivity index (χ1v) is 5.70. The van der Waals surface area contributed by atoms with E-state index in [0.717, 1.165) is 11.1 Å². The number of hydrogen-bond acceptors (Lipinski definition) is 4. The van der Waals surface area contributed by atoms with E-state index in [9.17, 15) is 0 Å². The van der Waals surface area contributed by atoms with Crippen LogP contribution in [0.5, 0.6) is 0 Å². The summed E-state index contributed by atoms with van der Waals surface area (Å²) >= 11 is 11.4. The summed E-state index contributed by atoms with van der Waals surface area (Å²) in [6.45, 7) is 1.95. The lowest BCUT2D eigenvalue weighted by Crippen LogP contribution is -2.02. The fourth-order valence-corrected chi connectivity index (χ4v) is 2.20. The van der Waals surface area contributed by atoms with Gasteiger partial charge in [0, 0.05) is 11.1 Å². The largest absolute Gasteiger partial charge is 0.486 e. The number of methoxy groups -OCH3 is 1. The van der Waals surface area contributed by atoms with Crippen LogP contribution in [0.15, 0.2) is 29.1 Å². The molecule has 3 nitrogen and oxygen atoms in total. The minimum Gasteiger partial charge on any atom is -0.486 e. The van der Waals surface area contributed by atoms with Gasteiger partial charge in [-0.05, 0) is 30.8 Å². The van der Waals surface area contributed by atoms with Gasteiger partial charge >= 0.3 is 0 Å². The van der Waals surface area contributed by atoms with Gasteiger partial charge in [0.1, 0.15) is 0 Å². The van der Waals surface area contributed by atoms with Crippen molar-refractivity contribution < 1.29 is 9.15 Å². The van der Waals surface area contributed by atoms with Crippen molar-refractivity contribution in [3.8, 4) is 11.3 Å². The predicted molar refractivity (Wildman–Crippen MR) is 70.4 cm³/mol. The van der Waals surface area contributed by atoms with E-state index in [1.54, 1.807) is 6.20 Å². The average Bonchev–Trinajstić information content (AvgIpc) is 2.82. The second-order valence-electron chi connectivity index (χ2n) is 3.48. The summed E-state index contributed by atoms with van der Waals surface area (Å²) in [5.41, 5.74) is 2.47. The van der Waals surface area contributed by atoms with Crippen LogP contribution in [0.2, 0.25) is 5.02 Å². The van der Waals surface area contributed by atoms with Crippen LogP contribution in [0.4, 0.5) is 0 Å². The quantitative estimate of drug-likeness (QED) is 0.779. The van der Waals surface area contributed by atoms with Crippen molar-refractivity contribution in [2.24, 2.45) is 0 Å². The zero-order chi connectivity index (χ0) is 12.4. The molecule has 2 aromatic rings. The van der Waals surface area contributed by atoms with E-state index in [1.165, 1.54) is 13.5 Å². The monoisotopic (exact) mass is 267 g/mol. The Morgan fingerprint density at radius 1 is 1.47 bits per heavy atom. The Bertz CT molecular complexity index is 552. The standard InChI is InChI=1S/C12H10ClNO2S/c1-7-3-4-8(12(17)15-2)11(13)10(7)9-5-14-6-16-9/h3-6H,1-2H3. The molecule has 0 N–H and O–H groups in total. The molecule has 0 unspecified atom stereocenters. The first-order valence-electron chi connectivity index (χ1n) is 4.91. The molecule has 0 aliphatic heterocycles. The van der Waals surface area contributed by atoms with Gasteiger partial charge in [-0.2, -0.15) is 0 Å².